The van der Waals surface area contributed by atoms with E-state index in [9.17, 15) is 27.2 Å². The van der Waals surface area contributed by atoms with Crippen molar-refractivity contribution in [1.29, 1.82) is 0 Å². The molecule has 0 aliphatic heterocycles. The summed E-state index contributed by atoms with van der Waals surface area (Å²) in [5, 5.41) is -0.0427. The third-order valence-electron chi connectivity index (χ3n) is 2.95. The Morgan fingerprint density at radius 2 is 1.96 bits per heavy atom. The van der Waals surface area contributed by atoms with Crippen molar-refractivity contribution in [3.8, 4) is 5.69 Å². The van der Waals surface area contributed by atoms with Crippen molar-refractivity contribution in [3.05, 3.63) is 55.0 Å². The Balaban J connectivity index is 2.40. The summed E-state index contributed by atoms with van der Waals surface area (Å²) >= 11 is 6.70. The van der Waals surface area contributed by atoms with E-state index in [0.29, 0.717) is 0 Å². The van der Waals surface area contributed by atoms with Gasteiger partial charge in [-0.1, -0.05) is 11.6 Å². The van der Waals surface area contributed by atoms with Crippen LogP contribution in [0.15, 0.2) is 27.2 Å². The van der Waals surface area contributed by atoms with E-state index in [0.717, 1.165) is 17.4 Å². The smallest absolute Gasteiger partial charge is 0.303 e. The van der Waals surface area contributed by atoms with Gasteiger partial charge in [-0.2, -0.15) is 13.2 Å². The quantitative estimate of drug-likeness (QED) is 0.674. The lowest BCUT2D eigenvalue weighted by Crippen LogP contribution is -2.36. The molecule has 0 saturated carbocycles. The molecule has 2 heterocycles. The van der Waals surface area contributed by atoms with Crippen LogP contribution in [0.2, 0.25) is 5.02 Å². The minimum Gasteiger partial charge on any atom is -0.303 e. The minimum atomic E-state index is -4.91. The molecule has 0 unspecified atom stereocenters. The first kappa shape index (κ1) is 15.7. The topological polar surface area (TPSA) is 67.8 Å². The average Bonchev–Trinajstić information content (AvgIpc) is 2.89. The molecule has 0 atom stereocenters. The fourth-order valence-corrected chi connectivity index (χ4v) is 3.14. The number of nitrogens with one attached hydrogen (secondary N) is 1. The largest absolute Gasteiger partial charge is 0.431 e. The maximum Gasteiger partial charge on any atom is 0.431 e. The van der Waals surface area contributed by atoms with Crippen molar-refractivity contribution in [2.75, 3.05) is 0 Å². The van der Waals surface area contributed by atoms with E-state index in [2.05, 4.69) is 4.98 Å². The number of rotatable bonds is 1. The molecule has 0 radical (unpaired) electrons. The molecule has 5 nitrogen and oxygen atoms in total. The van der Waals surface area contributed by atoms with Gasteiger partial charge >= 0.3 is 11.9 Å². The first-order chi connectivity index (χ1) is 10.7. The Hall–Kier alpha value is -2.20. The van der Waals surface area contributed by atoms with Crippen LogP contribution in [0.4, 0.5) is 17.6 Å². The summed E-state index contributed by atoms with van der Waals surface area (Å²) in [6.07, 6.45) is -4.91. The fourth-order valence-electron chi connectivity index (χ4n) is 2.01. The lowest BCUT2D eigenvalue weighted by molar-refractivity contribution is -0.141. The van der Waals surface area contributed by atoms with Gasteiger partial charge in [-0.15, -0.1) is 11.3 Å². The number of halogens is 5. The van der Waals surface area contributed by atoms with Gasteiger partial charge in [0.1, 0.15) is 16.9 Å². The Morgan fingerprint density at radius 1 is 1.26 bits per heavy atom. The van der Waals surface area contributed by atoms with Crippen LogP contribution in [0.25, 0.3) is 15.9 Å². The highest BCUT2D eigenvalue weighted by molar-refractivity contribution is 7.17. The van der Waals surface area contributed by atoms with Gasteiger partial charge in [0.05, 0.1) is 15.2 Å². The van der Waals surface area contributed by atoms with Crippen molar-refractivity contribution < 1.29 is 17.6 Å². The van der Waals surface area contributed by atoms with Gasteiger partial charge < -0.3 is 4.98 Å². The van der Waals surface area contributed by atoms with Gasteiger partial charge in [-0.3, -0.25) is 4.79 Å². The molecule has 3 rings (SSSR count). The van der Waals surface area contributed by atoms with E-state index in [4.69, 9.17) is 11.6 Å². The van der Waals surface area contributed by atoms with Gasteiger partial charge in [0.25, 0.3) is 5.56 Å². The number of benzene rings is 1. The van der Waals surface area contributed by atoms with Crippen molar-refractivity contribution in [1.82, 2.24) is 14.5 Å². The number of aromatic amines is 1. The SMILES string of the molecule is O=c1cc(C(F)(F)F)[nH]c(=O)n1-c1c(F)cc(Cl)c2ncsc12. The monoisotopic (exact) mass is 365 g/mol. The maximum atomic E-state index is 14.2. The second kappa shape index (κ2) is 5.17. The Bertz CT molecular complexity index is 1010. The standard InChI is InChI=1S/C12H4ClF4N3O2S/c13-4-1-5(14)9(10-8(4)18-3-23-10)20-7(21)2-6(12(15,16)17)19-11(20)22/h1-3H,(H,19,22). The van der Waals surface area contributed by atoms with E-state index >= 15 is 0 Å². The molecule has 0 fully saturated rings. The van der Waals surface area contributed by atoms with Crippen LogP contribution in [0.3, 0.4) is 0 Å². The van der Waals surface area contributed by atoms with Crippen molar-refractivity contribution >= 4 is 33.2 Å². The number of H-pyrrole nitrogens is 1. The first-order valence-electron chi connectivity index (χ1n) is 5.85. The van der Waals surface area contributed by atoms with Gasteiger partial charge in [0.15, 0.2) is 5.82 Å². The van der Waals surface area contributed by atoms with Crippen LogP contribution >= 0.6 is 22.9 Å². The Morgan fingerprint density at radius 3 is 2.57 bits per heavy atom. The van der Waals surface area contributed by atoms with Gasteiger partial charge in [-0.25, -0.2) is 18.7 Å². The highest BCUT2D eigenvalue weighted by Gasteiger charge is 2.33. The molecule has 0 spiro atoms. The molecular formula is C12H4ClF4N3O2S. The molecule has 23 heavy (non-hydrogen) atoms. The first-order valence-corrected chi connectivity index (χ1v) is 7.11. The van der Waals surface area contributed by atoms with Crippen LogP contribution in [-0.2, 0) is 6.18 Å². The summed E-state index contributed by atoms with van der Waals surface area (Å²) in [7, 11) is 0. The van der Waals surface area contributed by atoms with Gasteiger partial charge in [0, 0.05) is 6.07 Å². The number of aromatic nitrogens is 3. The van der Waals surface area contributed by atoms with Crippen molar-refractivity contribution in [2.45, 2.75) is 6.18 Å². The van der Waals surface area contributed by atoms with Crippen LogP contribution in [0.1, 0.15) is 5.69 Å². The number of fused-ring (bicyclic) bond motifs is 1. The van der Waals surface area contributed by atoms with Gasteiger partial charge in [-0.05, 0) is 6.07 Å². The molecule has 0 saturated heterocycles. The molecule has 1 N–H and O–H groups in total. The number of hydrogen-bond acceptors (Lipinski definition) is 4. The molecule has 3 aromatic rings. The molecule has 0 amide bonds. The molecule has 0 aliphatic carbocycles. The normalized spacial score (nSPS) is 12.0. The van der Waals surface area contributed by atoms with Crippen LogP contribution < -0.4 is 11.2 Å². The highest BCUT2D eigenvalue weighted by atomic mass is 35.5. The summed E-state index contributed by atoms with van der Waals surface area (Å²) < 4.78 is 52.3. The predicted molar refractivity (Wildman–Crippen MR) is 75.8 cm³/mol. The number of nitrogens with zero attached hydrogens (tertiary/aromatic N) is 2. The van der Waals surface area contributed by atoms with Crippen LogP contribution in [0, 0.1) is 5.82 Å². The zero-order valence-electron chi connectivity index (χ0n) is 10.7. The number of alkyl halides is 3. The van der Waals surface area contributed by atoms with E-state index in [1.165, 1.54) is 10.5 Å². The zero-order chi connectivity index (χ0) is 16.9. The third-order valence-corrected chi connectivity index (χ3v) is 4.07. The molecule has 1 aromatic carbocycles. The maximum absolute atomic E-state index is 14.2. The summed E-state index contributed by atoms with van der Waals surface area (Å²) in [5.74, 6) is -1.03. The number of hydrogen-bond donors (Lipinski definition) is 1. The van der Waals surface area contributed by atoms with Crippen molar-refractivity contribution in [3.63, 3.8) is 0 Å². The molecule has 2 aromatic heterocycles. The second-order valence-corrected chi connectivity index (χ2v) is 5.64. The predicted octanol–water partition coefficient (Wildman–Crippen LogP) is 2.95. The molecule has 120 valence electrons. The van der Waals surface area contributed by atoms with Crippen LogP contribution in [-0.4, -0.2) is 14.5 Å². The van der Waals surface area contributed by atoms with Crippen LogP contribution in [0.5, 0.6) is 0 Å². The van der Waals surface area contributed by atoms with E-state index in [1.807, 2.05) is 0 Å². The summed E-state index contributed by atoms with van der Waals surface area (Å²) in [5.41, 5.74) is -3.30. The molecule has 0 aliphatic rings. The third kappa shape index (κ3) is 2.53. The summed E-state index contributed by atoms with van der Waals surface area (Å²) in [4.78, 5) is 29.2. The lowest BCUT2D eigenvalue weighted by Gasteiger charge is -2.10. The summed E-state index contributed by atoms with van der Waals surface area (Å²) in [6.45, 7) is 0. The average molecular weight is 366 g/mol. The molecular weight excluding hydrogens is 362 g/mol. The van der Waals surface area contributed by atoms with Crippen molar-refractivity contribution in [2.24, 2.45) is 0 Å². The highest BCUT2D eigenvalue weighted by Crippen LogP contribution is 2.32. The Labute approximate surface area is 132 Å². The number of thiazole rings is 1. The summed E-state index contributed by atoms with van der Waals surface area (Å²) in [6, 6.07) is 1.02. The fraction of sp³-hybridized carbons (Fsp3) is 0.0833. The molecule has 11 heteroatoms. The van der Waals surface area contributed by atoms with Gasteiger partial charge in [0.2, 0.25) is 0 Å². The van der Waals surface area contributed by atoms with E-state index < -0.39 is 34.6 Å². The minimum absolute atomic E-state index is 0.0427. The lowest BCUT2D eigenvalue weighted by atomic mass is 10.2. The Kier molecular flexibility index (Phi) is 3.52. The molecule has 0 bridgehead atoms. The zero-order valence-corrected chi connectivity index (χ0v) is 12.3. The van der Waals surface area contributed by atoms with E-state index in [1.54, 1.807) is 0 Å². The second-order valence-electron chi connectivity index (χ2n) is 4.38. The van der Waals surface area contributed by atoms with E-state index in [-0.39, 0.29) is 25.9 Å².